The summed E-state index contributed by atoms with van der Waals surface area (Å²) in [6.07, 6.45) is 3.25. The molecule has 0 aliphatic carbocycles. The van der Waals surface area contributed by atoms with Gasteiger partial charge >= 0.3 is 0 Å². The van der Waals surface area contributed by atoms with Crippen molar-refractivity contribution in [2.45, 2.75) is 0 Å². The lowest BCUT2D eigenvalue weighted by molar-refractivity contribution is 0.108. The van der Waals surface area contributed by atoms with E-state index in [1.165, 1.54) is 0 Å². The number of carbonyl (C=O) groups is 1. The van der Waals surface area contributed by atoms with Gasteiger partial charge in [0.2, 0.25) is 0 Å². The first-order valence-corrected chi connectivity index (χ1v) is 4.40. The van der Waals surface area contributed by atoms with E-state index in [9.17, 15) is 4.79 Å². The van der Waals surface area contributed by atoms with Gasteiger partial charge in [0.1, 0.15) is 0 Å². The summed E-state index contributed by atoms with van der Waals surface area (Å²) in [7, 11) is 0. The molecule has 0 amide bonds. The Hall–Kier alpha value is -1.54. The molecule has 0 saturated heterocycles. The lowest BCUT2D eigenvalue weighted by Gasteiger charge is -1.87. The Kier molecular flexibility index (Phi) is 4.51. The molecule has 0 saturated carbocycles. The number of carbonyl (C=O) groups excluding carboxylic acids is 1. The molecule has 1 aromatic carbocycles. The molecule has 0 aliphatic heterocycles. The maximum atomic E-state index is 10.4. The Labute approximate surface area is 87.1 Å². The van der Waals surface area contributed by atoms with Crippen LogP contribution in [-0.2, 0) is 0 Å². The van der Waals surface area contributed by atoms with Crippen LogP contribution in [0.2, 0.25) is 0 Å². The molecular weight excluding hydrogens is 200 g/mol. The predicted molar refractivity (Wildman–Crippen MR) is 55.3 cm³/mol. The van der Waals surface area contributed by atoms with Crippen molar-refractivity contribution in [2.75, 3.05) is 0 Å². The number of hydrogen-bond acceptors (Lipinski definition) is 2. The fraction of sp³-hybridized carbons (Fsp3) is 0. The van der Waals surface area contributed by atoms with E-state index in [1.807, 2.05) is 18.2 Å². The van der Waals surface area contributed by atoms with E-state index < -0.39 is 5.24 Å². The van der Waals surface area contributed by atoms with Gasteiger partial charge in [-0.15, -0.1) is 0 Å². The highest BCUT2D eigenvalue weighted by Crippen LogP contribution is 2.01. The third-order valence-electron chi connectivity index (χ3n) is 1.43. The van der Waals surface area contributed by atoms with Gasteiger partial charge < -0.3 is 4.42 Å². The number of furan rings is 1. The number of halogens is 1. The maximum Gasteiger partial charge on any atom is 0.252 e. The number of rotatable bonds is 1. The highest BCUT2D eigenvalue weighted by atomic mass is 35.5. The quantitative estimate of drug-likeness (QED) is 0.673. The molecule has 0 radical (unpaired) electrons. The Morgan fingerprint density at radius 2 is 1.57 bits per heavy atom. The van der Waals surface area contributed by atoms with Gasteiger partial charge in [-0.1, -0.05) is 30.3 Å². The monoisotopic (exact) mass is 208 g/mol. The van der Waals surface area contributed by atoms with E-state index in [1.54, 1.807) is 36.8 Å². The SMILES string of the molecule is O=C(Cl)c1ccccc1.c1ccoc1. The van der Waals surface area contributed by atoms with Gasteiger partial charge in [0.05, 0.1) is 12.5 Å². The molecule has 3 heteroatoms. The zero-order valence-corrected chi connectivity index (χ0v) is 8.15. The Morgan fingerprint density at radius 3 is 1.86 bits per heavy atom. The summed E-state index contributed by atoms with van der Waals surface area (Å²) in [6.45, 7) is 0. The van der Waals surface area contributed by atoms with Crippen molar-refractivity contribution >= 4 is 16.8 Å². The summed E-state index contributed by atoms with van der Waals surface area (Å²) in [4.78, 5) is 10.4. The van der Waals surface area contributed by atoms with E-state index in [0.717, 1.165) is 0 Å². The average molecular weight is 209 g/mol. The second kappa shape index (κ2) is 6.00. The lowest BCUT2D eigenvalue weighted by atomic mass is 10.2. The molecule has 0 N–H and O–H groups in total. The second-order valence-corrected chi connectivity index (χ2v) is 2.78. The largest absolute Gasteiger partial charge is 0.473 e. The zero-order valence-electron chi connectivity index (χ0n) is 7.39. The summed E-state index contributed by atoms with van der Waals surface area (Å²) in [5.41, 5.74) is 0.541. The molecule has 1 heterocycles. The van der Waals surface area contributed by atoms with Crippen LogP contribution < -0.4 is 0 Å². The van der Waals surface area contributed by atoms with E-state index in [0.29, 0.717) is 5.56 Å². The molecule has 0 spiro atoms. The second-order valence-electron chi connectivity index (χ2n) is 2.43. The van der Waals surface area contributed by atoms with Gasteiger partial charge in [-0.2, -0.15) is 0 Å². The predicted octanol–water partition coefficient (Wildman–Crippen LogP) is 3.35. The van der Waals surface area contributed by atoms with Crippen LogP contribution in [0.1, 0.15) is 10.4 Å². The molecule has 2 aromatic rings. The first kappa shape index (κ1) is 10.5. The van der Waals surface area contributed by atoms with E-state index in [4.69, 9.17) is 11.6 Å². The third-order valence-corrected chi connectivity index (χ3v) is 1.64. The fourth-order valence-electron chi connectivity index (χ4n) is 0.796. The van der Waals surface area contributed by atoms with Crippen LogP contribution in [-0.4, -0.2) is 5.24 Å². The van der Waals surface area contributed by atoms with Gasteiger partial charge in [-0.3, -0.25) is 4.79 Å². The van der Waals surface area contributed by atoms with Crippen molar-refractivity contribution in [3.05, 3.63) is 60.6 Å². The highest BCUT2D eigenvalue weighted by Gasteiger charge is 1.95. The van der Waals surface area contributed by atoms with Crippen LogP contribution >= 0.6 is 11.6 Å². The normalized spacial score (nSPS) is 8.64. The van der Waals surface area contributed by atoms with Crippen molar-refractivity contribution in [1.82, 2.24) is 0 Å². The number of hydrogen-bond donors (Lipinski definition) is 0. The van der Waals surface area contributed by atoms with Gasteiger partial charge in [-0.05, 0) is 23.7 Å². The minimum absolute atomic E-state index is 0.407. The molecule has 0 aliphatic rings. The summed E-state index contributed by atoms with van der Waals surface area (Å²) in [6, 6.07) is 12.4. The topological polar surface area (TPSA) is 30.2 Å². The summed E-state index contributed by atoms with van der Waals surface area (Å²) < 4.78 is 4.58. The molecule has 1 aromatic heterocycles. The molecule has 2 rings (SSSR count). The summed E-state index contributed by atoms with van der Waals surface area (Å²) in [5.74, 6) is 0. The van der Waals surface area contributed by atoms with Crippen molar-refractivity contribution in [3.63, 3.8) is 0 Å². The number of benzene rings is 1. The lowest BCUT2D eigenvalue weighted by Crippen LogP contribution is -1.84. The van der Waals surface area contributed by atoms with Crippen LogP contribution in [0.3, 0.4) is 0 Å². The standard InChI is InChI=1S/C7H5ClO.C4H4O/c8-7(9)6-4-2-1-3-5-6;1-2-4-5-3-1/h1-5H;1-4H. The Bertz CT molecular complexity index is 337. The minimum Gasteiger partial charge on any atom is -0.473 e. The van der Waals surface area contributed by atoms with Crippen molar-refractivity contribution in [3.8, 4) is 0 Å². The molecular formula is C11H9ClO2. The van der Waals surface area contributed by atoms with E-state index in [-0.39, 0.29) is 0 Å². The van der Waals surface area contributed by atoms with Crippen LogP contribution in [0.4, 0.5) is 0 Å². The fourth-order valence-corrected chi connectivity index (χ4v) is 0.922. The maximum absolute atomic E-state index is 10.4. The van der Waals surface area contributed by atoms with Crippen LogP contribution in [0.5, 0.6) is 0 Å². The zero-order chi connectivity index (χ0) is 10.2. The first-order chi connectivity index (χ1) is 6.80. The summed E-state index contributed by atoms with van der Waals surface area (Å²) in [5, 5.41) is -0.407. The van der Waals surface area contributed by atoms with Gasteiger partial charge in [0.25, 0.3) is 5.24 Å². The van der Waals surface area contributed by atoms with E-state index >= 15 is 0 Å². The van der Waals surface area contributed by atoms with Crippen molar-refractivity contribution < 1.29 is 9.21 Å². The van der Waals surface area contributed by atoms with Gasteiger partial charge in [0.15, 0.2) is 0 Å². The minimum atomic E-state index is -0.407. The summed E-state index contributed by atoms with van der Waals surface area (Å²) >= 11 is 5.16. The smallest absolute Gasteiger partial charge is 0.252 e. The van der Waals surface area contributed by atoms with Crippen molar-refractivity contribution in [1.29, 1.82) is 0 Å². The van der Waals surface area contributed by atoms with Gasteiger partial charge in [-0.25, -0.2) is 0 Å². The molecule has 0 fully saturated rings. The highest BCUT2D eigenvalue weighted by molar-refractivity contribution is 6.67. The van der Waals surface area contributed by atoms with Crippen LogP contribution in [0.25, 0.3) is 0 Å². The molecule has 0 atom stereocenters. The van der Waals surface area contributed by atoms with Gasteiger partial charge in [0, 0.05) is 5.56 Å². The molecule has 72 valence electrons. The van der Waals surface area contributed by atoms with Crippen LogP contribution in [0.15, 0.2) is 59.4 Å². The van der Waals surface area contributed by atoms with Crippen LogP contribution in [0, 0.1) is 0 Å². The third kappa shape index (κ3) is 3.92. The average Bonchev–Trinajstić information content (AvgIpc) is 2.77. The van der Waals surface area contributed by atoms with Crippen molar-refractivity contribution in [2.24, 2.45) is 0 Å². The Morgan fingerprint density at radius 1 is 1.00 bits per heavy atom. The molecule has 14 heavy (non-hydrogen) atoms. The Balaban J connectivity index is 0.000000165. The first-order valence-electron chi connectivity index (χ1n) is 4.03. The van der Waals surface area contributed by atoms with E-state index in [2.05, 4.69) is 4.42 Å². The molecule has 2 nitrogen and oxygen atoms in total. The molecule has 0 unspecified atom stereocenters. The molecule has 0 bridgehead atoms.